The number of ether oxygens (including phenoxy) is 1. The number of hydrogen-bond donors (Lipinski definition) is 3. The standard InChI is InChI=1S/C8H19N3O2/c1-8(2,3)13-7(12)11-5-6(10)4-9/h6H,4-5,9-10H2,1-3H3,(H,11,12)/t6-/m0/s1. The first-order valence-corrected chi connectivity index (χ1v) is 4.27. The minimum atomic E-state index is -0.475. The minimum absolute atomic E-state index is 0.215. The zero-order chi connectivity index (χ0) is 10.5. The van der Waals surface area contributed by atoms with E-state index in [2.05, 4.69) is 5.32 Å². The maximum atomic E-state index is 11.0. The summed E-state index contributed by atoms with van der Waals surface area (Å²) in [4.78, 5) is 11.0. The highest BCUT2D eigenvalue weighted by molar-refractivity contribution is 5.67. The van der Waals surface area contributed by atoms with E-state index in [1.54, 1.807) is 20.8 Å². The molecule has 1 amide bonds. The van der Waals surface area contributed by atoms with Gasteiger partial charge in [0.1, 0.15) is 5.60 Å². The molecule has 0 aliphatic heterocycles. The van der Waals surface area contributed by atoms with Gasteiger partial charge in [0.15, 0.2) is 0 Å². The smallest absolute Gasteiger partial charge is 0.407 e. The van der Waals surface area contributed by atoms with E-state index in [1.165, 1.54) is 0 Å². The largest absolute Gasteiger partial charge is 0.444 e. The number of amides is 1. The number of alkyl carbamates (subject to hydrolysis) is 1. The first-order chi connectivity index (χ1) is 5.85. The Morgan fingerprint density at radius 3 is 2.46 bits per heavy atom. The van der Waals surface area contributed by atoms with Gasteiger partial charge in [0.2, 0.25) is 0 Å². The van der Waals surface area contributed by atoms with Crippen LogP contribution in [0.1, 0.15) is 20.8 Å². The maximum absolute atomic E-state index is 11.0. The van der Waals surface area contributed by atoms with Crippen LogP contribution in [0.15, 0.2) is 0 Å². The van der Waals surface area contributed by atoms with Gasteiger partial charge < -0.3 is 21.5 Å². The van der Waals surface area contributed by atoms with Gasteiger partial charge in [-0.15, -0.1) is 0 Å². The Labute approximate surface area is 78.8 Å². The fourth-order valence-electron chi connectivity index (χ4n) is 0.612. The summed E-state index contributed by atoms with van der Waals surface area (Å²) in [7, 11) is 0. The van der Waals surface area contributed by atoms with Crippen molar-refractivity contribution in [3.8, 4) is 0 Å². The van der Waals surface area contributed by atoms with Crippen molar-refractivity contribution < 1.29 is 9.53 Å². The lowest BCUT2D eigenvalue weighted by Crippen LogP contribution is -2.43. The molecule has 0 rings (SSSR count). The topological polar surface area (TPSA) is 90.4 Å². The third-order valence-corrected chi connectivity index (χ3v) is 1.21. The van der Waals surface area contributed by atoms with Gasteiger partial charge in [0.25, 0.3) is 0 Å². The number of rotatable bonds is 3. The van der Waals surface area contributed by atoms with Crippen LogP contribution in [0.4, 0.5) is 4.79 Å². The van der Waals surface area contributed by atoms with Crippen LogP contribution in [-0.2, 0) is 4.74 Å². The summed E-state index contributed by atoms with van der Waals surface area (Å²) in [6.07, 6.45) is -0.462. The molecule has 78 valence electrons. The highest BCUT2D eigenvalue weighted by Gasteiger charge is 2.15. The van der Waals surface area contributed by atoms with Gasteiger partial charge in [0, 0.05) is 19.1 Å². The second-order valence-electron chi connectivity index (χ2n) is 3.88. The average Bonchev–Trinajstić information content (AvgIpc) is 1.97. The van der Waals surface area contributed by atoms with E-state index in [-0.39, 0.29) is 6.04 Å². The molecule has 0 spiro atoms. The molecular weight excluding hydrogens is 170 g/mol. The fraction of sp³-hybridized carbons (Fsp3) is 0.875. The Kier molecular flexibility index (Phi) is 4.72. The molecule has 0 bridgehead atoms. The number of carbonyl (C=O) groups is 1. The molecule has 0 fully saturated rings. The average molecular weight is 189 g/mol. The number of nitrogens with two attached hydrogens (primary N) is 2. The van der Waals surface area contributed by atoms with E-state index in [1.807, 2.05) is 0 Å². The zero-order valence-corrected chi connectivity index (χ0v) is 8.46. The van der Waals surface area contributed by atoms with Crippen LogP contribution in [-0.4, -0.2) is 30.8 Å². The van der Waals surface area contributed by atoms with E-state index in [4.69, 9.17) is 16.2 Å². The predicted molar refractivity (Wildman–Crippen MR) is 51.3 cm³/mol. The molecule has 5 nitrogen and oxygen atoms in total. The van der Waals surface area contributed by atoms with Crippen molar-refractivity contribution in [2.24, 2.45) is 11.5 Å². The molecule has 5 heteroatoms. The lowest BCUT2D eigenvalue weighted by Gasteiger charge is -2.20. The Hall–Kier alpha value is -0.810. The van der Waals surface area contributed by atoms with Crippen molar-refractivity contribution in [2.75, 3.05) is 13.1 Å². The molecule has 0 saturated carbocycles. The van der Waals surface area contributed by atoms with E-state index >= 15 is 0 Å². The zero-order valence-electron chi connectivity index (χ0n) is 8.46. The summed E-state index contributed by atoms with van der Waals surface area (Å²) in [5, 5.41) is 2.52. The highest BCUT2D eigenvalue weighted by atomic mass is 16.6. The van der Waals surface area contributed by atoms with Crippen LogP contribution in [0.5, 0.6) is 0 Å². The third-order valence-electron chi connectivity index (χ3n) is 1.21. The van der Waals surface area contributed by atoms with Crippen molar-refractivity contribution in [1.29, 1.82) is 0 Å². The van der Waals surface area contributed by atoms with Gasteiger partial charge in [-0.25, -0.2) is 4.79 Å². The normalized spacial score (nSPS) is 13.6. The maximum Gasteiger partial charge on any atom is 0.407 e. The van der Waals surface area contributed by atoms with Gasteiger partial charge in [-0.3, -0.25) is 0 Å². The van der Waals surface area contributed by atoms with Crippen LogP contribution in [0.3, 0.4) is 0 Å². The van der Waals surface area contributed by atoms with Gasteiger partial charge in [-0.05, 0) is 20.8 Å². The van der Waals surface area contributed by atoms with Gasteiger partial charge in [0.05, 0.1) is 0 Å². The Morgan fingerprint density at radius 1 is 1.54 bits per heavy atom. The summed E-state index contributed by atoms with van der Waals surface area (Å²) in [5.41, 5.74) is 10.3. The molecule has 1 atom stereocenters. The van der Waals surface area contributed by atoms with Gasteiger partial charge in [-0.2, -0.15) is 0 Å². The molecule has 0 aromatic carbocycles. The fourth-order valence-corrected chi connectivity index (χ4v) is 0.612. The monoisotopic (exact) mass is 189 g/mol. The van der Waals surface area contributed by atoms with Crippen molar-refractivity contribution in [3.05, 3.63) is 0 Å². The van der Waals surface area contributed by atoms with Gasteiger partial charge >= 0.3 is 6.09 Å². The van der Waals surface area contributed by atoms with Crippen molar-refractivity contribution in [2.45, 2.75) is 32.4 Å². The Morgan fingerprint density at radius 2 is 2.08 bits per heavy atom. The molecule has 0 unspecified atom stereocenters. The first-order valence-electron chi connectivity index (χ1n) is 4.27. The number of nitrogens with one attached hydrogen (secondary N) is 1. The van der Waals surface area contributed by atoms with Crippen LogP contribution >= 0.6 is 0 Å². The molecule has 0 aliphatic carbocycles. The molecule has 0 heterocycles. The predicted octanol–water partition coefficient (Wildman–Crippen LogP) is -0.203. The summed E-state index contributed by atoms with van der Waals surface area (Å²) < 4.78 is 4.99. The lowest BCUT2D eigenvalue weighted by atomic mass is 10.2. The first kappa shape index (κ1) is 12.2. The quantitative estimate of drug-likeness (QED) is 0.573. The van der Waals surface area contributed by atoms with E-state index in [0.717, 1.165) is 0 Å². The van der Waals surface area contributed by atoms with Gasteiger partial charge in [-0.1, -0.05) is 0 Å². The third kappa shape index (κ3) is 7.55. The summed E-state index contributed by atoms with van der Waals surface area (Å²) in [5.74, 6) is 0. The van der Waals surface area contributed by atoms with Crippen molar-refractivity contribution in [3.63, 3.8) is 0 Å². The summed E-state index contributed by atoms with van der Waals surface area (Å²) in [6.45, 7) is 6.08. The number of carbonyl (C=O) groups excluding carboxylic acids is 1. The van der Waals surface area contributed by atoms with E-state index in [0.29, 0.717) is 13.1 Å². The Bertz CT molecular complexity index is 165. The van der Waals surface area contributed by atoms with Crippen LogP contribution in [0, 0.1) is 0 Å². The highest BCUT2D eigenvalue weighted by Crippen LogP contribution is 2.05. The van der Waals surface area contributed by atoms with E-state index < -0.39 is 11.7 Å². The Balaban J connectivity index is 3.64. The van der Waals surface area contributed by atoms with Crippen LogP contribution < -0.4 is 16.8 Å². The second kappa shape index (κ2) is 5.04. The molecular formula is C8H19N3O2. The molecule has 0 saturated heterocycles. The van der Waals surface area contributed by atoms with Crippen LogP contribution in [0.2, 0.25) is 0 Å². The summed E-state index contributed by atoms with van der Waals surface area (Å²) >= 11 is 0. The lowest BCUT2D eigenvalue weighted by molar-refractivity contribution is 0.0525. The van der Waals surface area contributed by atoms with Crippen LogP contribution in [0.25, 0.3) is 0 Å². The SMILES string of the molecule is CC(C)(C)OC(=O)NC[C@@H](N)CN. The minimum Gasteiger partial charge on any atom is -0.444 e. The van der Waals surface area contributed by atoms with Crippen molar-refractivity contribution >= 4 is 6.09 Å². The molecule has 13 heavy (non-hydrogen) atoms. The molecule has 0 aliphatic rings. The number of hydrogen-bond acceptors (Lipinski definition) is 4. The molecule has 0 aromatic rings. The van der Waals surface area contributed by atoms with E-state index in [9.17, 15) is 4.79 Å². The molecule has 0 radical (unpaired) electrons. The van der Waals surface area contributed by atoms with Crippen molar-refractivity contribution in [1.82, 2.24) is 5.32 Å². The second-order valence-corrected chi connectivity index (χ2v) is 3.88. The summed E-state index contributed by atoms with van der Waals surface area (Å²) in [6, 6.07) is -0.215. The molecule has 0 aromatic heterocycles. The molecule has 5 N–H and O–H groups in total.